The first-order valence-electron chi connectivity index (χ1n) is 4.93. The maximum Gasteiger partial charge on any atom is 0.167 e. The topological polar surface area (TPSA) is 76.5 Å². The molecule has 0 aliphatic rings. The molecule has 0 aliphatic carbocycles. The summed E-state index contributed by atoms with van der Waals surface area (Å²) >= 11 is 5.87. The molecule has 0 fully saturated rings. The average molecular weight is 248 g/mol. The third-order valence-electron chi connectivity index (χ3n) is 2.21. The minimum atomic E-state index is 0.437. The van der Waals surface area contributed by atoms with Crippen molar-refractivity contribution in [1.29, 1.82) is 5.26 Å². The van der Waals surface area contributed by atoms with Gasteiger partial charge < -0.3 is 10.6 Å². The van der Waals surface area contributed by atoms with Gasteiger partial charge in [-0.15, -0.1) is 0 Å². The molecule has 86 valence electrons. The molecule has 0 aliphatic heterocycles. The monoisotopic (exact) mass is 247 g/mol. The molecule has 6 heteroatoms. The lowest BCUT2D eigenvalue weighted by atomic mass is 10.3. The first-order valence-corrected chi connectivity index (χ1v) is 5.31. The lowest BCUT2D eigenvalue weighted by Gasteiger charge is -2.04. The Morgan fingerprint density at radius 2 is 2.29 bits per heavy atom. The maximum absolute atomic E-state index is 9.04. The predicted molar refractivity (Wildman–Crippen MR) is 67.6 cm³/mol. The van der Waals surface area contributed by atoms with Gasteiger partial charge >= 0.3 is 0 Å². The second kappa shape index (κ2) is 4.76. The normalized spacial score (nSPS) is 9.71. The van der Waals surface area contributed by atoms with Crippen LogP contribution in [0.3, 0.4) is 0 Å². The van der Waals surface area contributed by atoms with Crippen LogP contribution in [-0.2, 0) is 0 Å². The number of nitriles is 1. The van der Waals surface area contributed by atoms with Crippen LogP contribution in [0.5, 0.6) is 0 Å². The molecule has 0 atom stereocenters. The molecular weight excluding hydrogens is 238 g/mol. The number of rotatable bonds is 3. The van der Waals surface area contributed by atoms with Gasteiger partial charge in [-0.25, -0.2) is 0 Å². The van der Waals surface area contributed by atoms with E-state index < -0.39 is 0 Å². The Balaban J connectivity index is 2.31. The van der Waals surface area contributed by atoms with Crippen LogP contribution in [-0.4, -0.2) is 17.2 Å². The zero-order valence-corrected chi connectivity index (χ0v) is 9.84. The van der Waals surface area contributed by atoms with E-state index in [-0.39, 0.29) is 0 Å². The summed E-state index contributed by atoms with van der Waals surface area (Å²) in [5, 5.41) is 22.3. The number of H-pyrrole nitrogens is 1. The fraction of sp³-hybridized carbons (Fsp3) is 0.0909. The standard InChI is InChI=1S/C11H10ClN5/c1-14-10-9(6-13)11(17-16-10)15-8-4-2-3-7(12)5-8/h2-5H,1H3,(H3,14,15,16,17). The van der Waals surface area contributed by atoms with E-state index in [4.69, 9.17) is 16.9 Å². The summed E-state index contributed by atoms with van der Waals surface area (Å²) in [6.45, 7) is 0. The molecule has 3 N–H and O–H groups in total. The minimum Gasteiger partial charge on any atom is -0.371 e. The Morgan fingerprint density at radius 3 is 2.94 bits per heavy atom. The van der Waals surface area contributed by atoms with Crippen LogP contribution in [0.15, 0.2) is 24.3 Å². The van der Waals surface area contributed by atoms with E-state index in [0.29, 0.717) is 22.2 Å². The zero-order valence-electron chi connectivity index (χ0n) is 9.08. The van der Waals surface area contributed by atoms with Gasteiger partial charge in [0.15, 0.2) is 5.82 Å². The SMILES string of the molecule is CNc1n[nH]c(Nc2cccc(Cl)c2)c1C#N. The van der Waals surface area contributed by atoms with Gasteiger partial charge in [0.05, 0.1) is 0 Å². The van der Waals surface area contributed by atoms with Crippen LogP contribution < -0.4 is 10.6 Å². The highest BCUT2D eigenvalue weighted by Gasteiger charge is 2.11. The van der Waals surface area contributed by atoms with Crippen molar-refractivity contribution in [1.82, 2.24) is 10.2 Å². The molecule has 1 aromatic carbocycles. The van der Waals surface area contributed by atoms with Crippen LogP contribution in [0.25, 0.3) is 0 Å². The van der Waals surface area contributed by atoms with Gasteiger partial charge in [-0.2, -0.15) is 10.4 Å². The van der Waals surface area contributed by atoms with Crippen LogP contribution in [0.4, 0.5) is 17.3 Å². The van der Waals surface area contributed by atoms with Crippen molar-refractivity contribution in [2.75, 3.05) is 17.7 Å². The lowest BCUT2D eigenvalue weighted by molar-refractivity contribution is 1.09. The number of anilines is 3. The summed E-state index contributed by atoms with van der Waals surface area (Å²) in [4.78, 5) is 0. The Kier molecular flexibility index (Phi) is 3.17. The number of aromatic nitrogens is 2. The van der Waals surface area contributed by atoms with Crippen LogP contribution >= 0.6 is 11.6 Å². The summed E-state index contributed by atoms with van der Waals surface area (Å²) in [5.74, 6) is 1.05. The Hall–Kier alpha value is -2.19. The second-order valence-electron chi connectivity index (χ2n) is 3.32. The third-order valence-corrected chi connectivity index (χ3v) is 2.44. The van der Waals surface area contributed by atoms with Gasteiger partial charge in [-0.05, 0) is 18.2 Å². The number of hydrogen-bond acceptors (Lipinski definition) is 4. The summed E-state index contributed by atoms with van der Waals surface area (Å²) in [6.07, 6.45) is 0. The van der Waals surface area contributed by atoms with Crippen molar-refractivity contribution in [3.8, 4) is 6.07 Å². The molecular formula is C11H10ClN5. The van der Waals surface area contributed by atoms with Gasteiger partial charge in [0.1, 0.15) is 17.5 Å². The van der Waals surface area contributed by atoms with Gasteiger partial charge in [0.25, 0.3) is 0 Å². The molecule has 0 saturated heterocycles. The van der Waals surface area contributed by atoms with E-state index in [1.807, 2.05) is 12.1 Å². The molecule has 0 unspecified atom stereocenters. The summed E-state index contributed by atoms with van der Waals surface area (Å²) in [6, 6.07) is 9.31. The molecule has 2 rings (SSSR count). The first-order chi connectivity index (χ1) is 8.24. The van der Waals surface area contributed by atoms with Crippen molar-refractivity contribution in [2.45, 2.75) is 0 Å². The molecule has 1 heterocycles. The molecule has 0 radical (unpaired) electrons. The lowest BCUT2D eigenvalue weighted by Crippen LogP contribution is -1.94. The largest absolute Gasteiger partial charge is 0.371 e. The van der Waals surface area contributed by atoms with E-state index >= 15 is 0 Å². The predicted octanol–water partition coefficient (Wildman–Crippen LogP) is 2.72. The van der Waals surface area contributed by atoms with E-state index in [0.717, 1.165) is 5.69 Å². The third kappa shape index (κ3) is 2.32. The number of hydrogen-bond donors (Lipinski definition) is 3. The molecule has 17 heavy (non-hydrogen) atoms. The highest BCUT2D eigenvalue weighted by Crippen LogP contribution is 2.24. The number of benzene rings is 1. The van der Waals surface area contributed by atoms with Crippen molar-refractivity contribution < 1.29 is 0 Å². The summed E-state index contributed by atoms with van der Waals surface area (Å²) in [7, 11) is 1.71. The summed E-state index contributed by atoms with van der Waals surface area (Å²) in [5.41, 5.74) is 1.23. The fourth-order valence-electron chi connectivity index (χ4n) is 1.43. The van der Waals surface area contributed by atoms with Crippen LogP contribution in [0.2, 0.25) is 5.02 Å². The van der Waals surface area contributed by atoms with Gasteiger partial charge in [-0.3, -0.25) is 5.10 Å². The van der Waals surface area contributed by atoms with E-state index in [1.54, 1.807) is 19.2 Å². The molecule has 0 spiro atoms. The number of nitrogens with zero attached hydrogens (tertiary/aromatic N) is 2. The van der Waals surface area contributed by atoms with Crippen molar-refractivity contribution >= 4 is 28.9 Å². The number of nitrogens with one attached hydrogen (secondary N) is 3. The quantitative estimate of drug-likeness (QED) is 0.779. The maximum atomic E-state index is 9.04. The number of aromatic amines is 1. The smallest absolute Gasteiger partial charge is 0.167 e. The molecule has 1 aromatic heterocycles. The van der Waals surface area contributed by atoms with Crippen molar-refractivity contribution in [3.05, 3.63) is 34.9 Å². The molecule has 0 saturated carbocycles. The van der Waals surface area contributed by atoms with Gasteiger partial charge in [0.2, 0.25) is 0 Å². The zero-order chi connectivity index (χ0) is 12.3. The van der Waals surface area contributed by atoms with Gasteiger partial charge in [0, 0.05) is 17.8 Å². The molecule has 0 amide bonds. The molecule has 2 aromatic rings. The molecule has 0 bridgehead atoms. The summed E-state index contributed by atoms with van der Waals surface area (Å²) < 4.78 is 0. The van der Waals surface area contributed by atoms with Gasteiger partial charge in [-0.1, -0.05) is 17.7 Å². The highest BCUT2D eigenvalue weighted by molar-refractivity contribution is 6.30. The first kappa shape index (κ1) is 11.3. The van der Waals surface area contributed by atoms with E-state index in [2.05, 4.69) is 26.9 Å². The van der Waals surface area contributed by atoms with E-state index in [9.17, 15) is 0 Å². The van der Waals surface area contributed by atoms with Crippen LogP contribution in [0, 0.1) is 11.3 Å². The van der Waals surface area contributed by atoms with Crippen LogP contribution in [0.1, 0.15) is 5.56 Å². The Labute approximate surface area is 103 Å². The van der Waals surface area contributed by atoms with E-state index in [1.165, 1.54) is 0 Å². The fourth-order valence-corrected chi connectivity index (χ4v) is 1.62. The number of halogens is 1. The Bertz CT molecular complexity index is 569. The van der Waals surface area contributed by atoms with Crippen molar-refractivity contribution in [2.24, 2.45) is 0 Å². The molecule has 5 nitrogen and oxygen atoms in total. The minimum absolute atomic E-state index is 0.437. The second-order valence-corrected chi connectivity index (χ2v) is 3.76. The highest BCUT2D eigenvalue weighted by atomic mass is 35.5. The Morgan fingerprint density at radius 1 is 1.47 bits per heavy atom. The van der Waals surface area contributed by atoms with Crippen molar-refractivity contribution in [3.63, 3.8) is 0 Å². The average Bonchev–Trinajstić information content (AvgIpc) is 2.71.